The third-order valence-corrected chi connectivity index (χ3v) is 5.83. The van der Waals surface area contributed by atoms with Crippen LogP contribution in [0.25, 0.3) is 0 Å². The molecule has 0 aromatic heterocycles. The Morgan fingerprint density at radius 3 is 2.36 bits per heavy atom. The fourth-order valence-electron chi connectivity index (χ4n) is 1.54. The molecule has 4 heteroatoms. The summed E-state index contributed by atoms with van der Waals surface area (Å²) in [5, 5.41) is 0.838. The van der Waals surface area contributed by atoms with E-state index in [0.29, 0.717) is 0 Å². The molecular weight excluding hydrogens is 199 g/mol. The van der Waals surface area contributed by atoms with E-state index in [0.717, 1.165) is 11.2 Å². The molecule has 78 valence electrons. The Hall–Kier alpha value is -0.713. The molecule has 0 bridgehead atoms. The Labute approximate surface area is 84.9 Å². The molecule has 0 aliphatic rings. The molecule has 0 spiro atoms. The Morgan fingerprint density at radius 2 is 1.93 bits per heavy atom. The number of halogens is 1. The van der Waals surface area contributed by atoms with Crippen LogP contribution in [0.1, 0.15) is 6.92 Å². The van der Waals surface area contributed by atoms with Gasteiger partial charge in [0.15, 0.2) is 0 Å². The Balaban J connectivity index is 3.10. The van der Waals surface area contributed by atoms with Gasteiger partial charge in [-0.15, -0.1) is 0 Å². The SMILES string of the molecule is CC[Si](OC)(OC)c1cccc(F)c1. The lowest BCUT2D eigenvalue weighted by atomic mass is 10.3. The molecule has 0 N–H and O–H groups in total. The lowest BCUT2D eigenvalue weighted by Crippen LogP contribution is -2.51. The van der Waals surface area contributed by atoms with E-state index in [9.17, 15) is 4.39 Å². The molecule has 14 heavy (non-hydrogen) atoms. The molecule has 0 amide bonds. The average Bonchev–Trinajstić information content (AvgIpc) is 2.22. The second-order valence-corrected chi connectivity index (χ2v) is 6.63. The van der Waals surface area contributed by atoms with Gasteiger partial charge in [-0.1, -0.05) is 19.1 Å². The zero-order valence-electron chi connectivity index (χ0n) is 8.71. The molecule has 0 heterocycles. The summed E-state index contributed by atoms with van der Waals surface area (Å²) in [4.78, 5) is 0. The summed E-state index contributed by atoms with van der Waals surface area (Å²) in [6.45, 7) is 1.99. The van der Waals surface area contributed by atoms with Gasteiger partial charge in [0.05, 0.1) is 0 Å². The third kappa shape index (κ3) is 2.02. The quantitative estimate of drug-likeness (QED) is 0.711. The maximum atomic E-state index is 13.0. The Kier molecular flexibility index (Phi) is 3.80. The Morgan fingerprint density at radius 1 is 1.29 bits per heavy atom. The molecule has 1 aromatic carbocycles. The van der Waals surface area contributed by atoms with Crippen LogP contribution in [-0.2, 0) is 8.85 Å². The molecule has 0 unspecified atom stereocenters. The number of hydrogen-bond acceptors (Lipinski definition) is 2. The van der Waals surface area contributed by atoms with Crippen molar-refractivity contribution in [3.05, 3.63) is 30.1 Å². The van der Waals surface area contributed by atoms with E-state index in [-0.39, 0.29) is 5.82 Å². The minimum absolute atomic E-state index is 0.248. The fourth-order valence-corrected chi connectivity index (χ4v) is 3.87. The largest absolute Gasteiger partial charge is 0.394 e. The van der Waals surface area contributed by atoms with Gasteiger partial charge in [0, 0.05) is 14.2 Å². The van der Waals surface area contributed by atoms with Crippen molar-refractivity contribution in [2.24, 2.45) is 0 Å². The zero-order valence-corrected chi connectivity index (χ0v) is 9.71. The van der Waals surface area contributed by atoms with Crippen LogP contribution in [0, 0.1) is 5.82 Å². The van der Waals surface area contributed by atoms with E-state index in [1.165, 1.54) is 12.1 Å². The Bertz CT molecular complexity index is 292. The van der Waals surface area contributed by atoms with Crippen molar-refractivity contribution >= 4 is 13.7 Å². The first-order chi connectivity index (χ1) is 6.68. The minimum atomic E-state index is -2.36. The molecule has 1 aromatic rings. The first-order valence-electron chi connectivity index (χ1n) is 4.55. The standard InChI is InChI=1S/C10H15FO2Si/c1-4-14(12-2,13-3)10-7-5-6-9(11)8-10/h5-8H,4H2,1-3H3. The van der Waals surface area contributed by atoms with Crippen LogP contribution in [0.4, 0.5) is 4.39 Å². The summed E-state index contributed by atoms with van der Waals surface area (Å²) in [5.41, 5.74) is 0. The van der Waals surface area contributed by atoms with Crippen molar-refractivity contribution in [3.63, 3.8) is 0 Å². The molecule has 0 radical (unpaired) electrons. The zero-order chi connectivity index (χ0) is 10.6. The van der Waals surface area contributed by atoms with E-state index in [1.807, 2.05) is 13.0 Å². The predicted molar refractivity (Wildman–Crippen MR) is 56.3 cm³/mol. The first kappa shape index (κ1) is 11.4. The van der Waals surface area contributed by atoms with Gasteiger partial charge < -0.3 is 8.85 Å². The second-order valence-electron chi connectivity index (χ2n) is 3.03. The highest BCUT2D eigenvalue weighted by Gasteiger charge is 2.36. The van der Waals surface area contributed by atoms with E-state index in [4.69, 9.17) is 8.85 Å². The highest BCUT2D eigenvalue weighted by molar-refractivity contribution is 6.80. The van der Waals surface area contributed by atoms with E-state index in [2.05, 4.69) is 0 Å². The molecule has 2 nitrogen and oxygen atoms in total. The van der Waals surface area contributed by atoms with Crippen LogP contribution >= 0.6 is 0 Å². The van der Waals surface area contributed by atoms with Crippen molar-refractivity contribution in [1.29, 1.82) is 0 Å². The van der Waals surface area contributed by atoms with Gasteiger partial charge in [-0.2, -0.15) is 0 Å². The van der Waals surface area contributed by atoms with Gasteiger partial charge in [0.2, 0.25) is 0 Å². The fraction of sp³-hybridized carbons (Fsp3) is 0.400. The van der Waals surface area contributed by atoms with Gasteiger partial charge >= 0.3 is 8.56 Å². The first-order valence-corrected chi connectivity index (χ1v) is 6.57. The summed E-state index contributed by atoms with van der Waals surface area (Å²) in [6, 6.07) is 7.21. The van der Waals surface area contributed by atoms with Crippen molar-refractivity contribution in [1.82, 2.24) is 0 Å². The van der Waals surface area contributed by atoms with Crippen LogP contribution in [0.15, 0.2) is 24.3 Å². The molecule has 1 rings (SSSR count). The van der Waals surface area contributed by atoms with Gasteiger partial charge in [-0.25, -0.2) is 4.39 Å². The van der Waals surface area contributed by atoms with Crippen LogP contribution < -0.4 is 5.19 Å². The molecule has 0 saturated carbocycles. The highest BCUT2D eigenvalue weighted by Crippen LogP contribution is 2.12. The van der Waals surface area contributed by atoms with Crippen LogP contribution in [0.2, 0.25) is 6.04 Å². The molecule has 0 saturated heterocycles. The van der Waals surface area contributed by atoms with Crippen LogP contribution in [-0.4, -0.2) is 22.8 Å². The number of hydrogen-bond donors (Lipinski definition) is 0. The molecule has 0 atom stereocenters. The molecule has 0 fully saturated rings. The van der Waals surface area contributed by atoms with E-state index >= 15 is 0 Å². The second kappa shape index (κ2) is 4.68. The van der Waals surface area contributed by atoms with Crippen molar-refractivity contribution in [2.45, 2.75) is 13.0 Å². The minimum Gasteiger partial charge on any atom is -0.394 e. The topological polar surface area (TPSA) is 18.5 Å². The van der Waals surface area contributed by atoms with Crippen LogP contribution in [0.3, 0.4) is 0 Å². The summed E-state index contributed by atoms with van der Waals surface area (Å²) in [7, 11) is 0.866. The number of rotatable bonds is 4. The average molecular weight is 214 g/mol. The lowest BCUT2D eigenvalue weighted by molar-refractivity contribution is 0.259. The summed E-state index contributed by atoms with van der Waals surface area (Å²) in [6.07, 6.45) is 0. The van der Waals surface area contributed by atoms with Gasteiger partial charge in [-0.05, 0) is 23.4 Å². The van der Waals surface area contributed by atoms with Crippen molar-refractivity contribution in [3.8, 4) is 0 Å². The summed E-state index contributed by atoms with van der Waals surface area (Å²) < 4.78 is 23.9. The summed E-state index contributed by atoms with van der Waals surface area (Å²) in [5.74, 6) is -0.248. The van der Waals surface area contributed by atoms with Gasteiger partial charge in [0.25, 0.3) is 0 Å². The number of benzene rings is 1. The van der Waals surface area contributed by atoms with Crippen LogP contribution in [0.5, 0.6) is 0 Å². The highest BCUT2D eigenvalue weighted by atomic mass is 28.4. The van der Waals surface area contributed by atoms with Gasteiger partial charge in [-0.3, -0.25) is 0 Å². The molecule has 0 aliphatic heterocycles. The smallest absolute Gasteiger partial charge is 0.371 e. The molecule has 0 aliphatic carbocycles. The third-order valence-electron chi connectivity index (χ3n) is 2.39. The van der Waals surface area contributed by atoms with E-state index in [1.54, 1.807) is 20.3 Å². The molecular formula is C10H15FO2Si. The summed E-state index contributed by atoms with van der Waals surface area (Å²) >= 11 is 0. The van der Waals surface area contributed by atoms with Crippen molar-refractivity contribution in [2.75, 3.05) is 14.2 Å². The normalized spacial score (nSPS) is 11.7. The van der Waals surface area contributed by atoms with E-state index < -0.39 is 8.56 Å². The monoisotopic (exact) mass is 214 g/mol. The lowest BCUT2D eigenvalue weighted by Gasteiger charge is -2.26. The maximum absolute atomic E-state index is 13.0. The maximum Gasteiger partial charge on any atom is 0.371 e. The van der Waals surface area contributed by atoms with Crippen molar-refractivity contribution < 1.29 is 13.2 Å². The predicted octanol–water partition coefficient (Wildman–Crippen LogP) is 1.79. The van der Waals surface area contributed by atoms with Gasteiger partial charge in [0.1, 0.15) is 5.82 Å².